The smallest absolute Gasteiger partial charge is 0.244 e. The molecule has 3 N–H and O–H groups in total. The molecule has 0 radical (unpaired) electrons. The van der Waals surface area contributed by atoms with E-state index >= 15 is 0 Å². The van der Waals surface area contributed by atoms with Crippen molar-refractivity contribution in [3.8, 4) is 0 Å². The normalized spacial score (nSPS) is 11.5. The molecule has 24 heavy (non-hydrogen) atoms. The maximum absolute atomic E-state index is 12.3. The molecule has 0 unspecified atom stereocenters. The summed E-state index contributed by atoms with van der Waals surface area (Å²) in [7, 11) is 0.201. The van der Waals surface area contributed by atoms with Crippen LogP contribution in [0.4, 0.5) is 11.8 Å². The Morgan fingerprint density at radius 1 is 1.17 bits per heavy atom. The SMILES string of the molecule is Cc1cc(N(C)C)nc(NCCNS(=O)(=O)c2c(C)n[nH]c2C)n1. The number of hydrogen-bond acceptors (Lipinski definition) is 7. The quantitative estimate of drug-likeness (QED) is 0.624. The van der Waals surface area contributed by atoms with Gasteiger partial charge in [0.05, 0.1) is 11.4 Å². The van der Waals surface area contributed by atoms with Crippen LogP contribution in [0.5, 0.6) is 0 Å². The van der Waals surface area contributed by atoms with Crippen molar-refractivity contribution < 1.29 is 8.42 Å². The first-order valence-corrected chi connectivity index (χ1v) is 8.97. The molecule has 0 aliphatic heterocycles. The molecule has 9 nitrogen and oxygen atoms in total. The van der Waals surface area contributed by atoms with Gasteiger partial charge in [-0.2, -0.15) is 10.1 Å². The monoisotopic (exact) mass is 353 g/mol. The van der Waals surface area contributed by atoms with E-state index in [1.807, 2.05) is 32.0 Å². The van der Waals surface area contributed by atoms with Gasteiger partial charge in [0.1, 0.15) is 10.7 Å². The fourth-order valence-electron chi connectivity index (χ4n) is 2.23. The van der Waals surface area contributed by atoms with Gasteiger partial charge in [0, 0.05) is 38.9 Å². The van der Waals surface area contributed by atoms with E-state index < -0.39 is 10.0 Å². The predicted molar refractivity (Wildman–Crippen MR) is 92.8 cm³/mol. The molecular formula is C14H23N7O2S. The summed E-state index contributed by atoms with van der Waals surface area (Å²) in [5.41, 5.74) is 1.80. The number of hydrogen-bond donors (Lipinski definition) is 3. The zero-order chi connectivity index (χ0) is 17.9. The summed E-state index contributed by atoms with van der Waals surface area (Å²) in [6, 6.07) is 1.87. The average Bonchev–Trinajstić information content (AvgIpc) is 2.83. The number of aryl methyl sites for hydroxylation is 3. The molecular weight excluding hydrogens is 330 g/mol. The number of nitrogens with zero attached hydrogens (tertiary/aromatic N) is 4. The lowest BCUT2D eigenvalue weighted by Crippen LogP contribution is -2.30. The number of sulfonamides is 1. The highest BCUT2D eigenvalue weighted by Crippen LogP contribution is 2.16. The number of rotatable bonds is 7. The molecule has 0 atom stereocenters. The van der Waals surface area contributed by atoms with Gasteiger partial charge in [0.15, 0.2) is 0 Å². The van der Waals surface area contributed by atoms with Crippen LogP contribution < -0.4 is 14.9 Å². The lowest BCUT2D eigenvalue weighted by molar-refractivity contribution is 0.581. The summed E-state index contributed by atoms with van der Waals surface area (Å²) in [6.45, 7) is 5.79. The first-order chi connectivity index (χ1) is 11.2. The van der Waals surface area contributed by atoms with Crippen LogP contribution in [0.15, 0.2) is 11.0 Å². The Balaban J connectivity index is 1.96. The first kappa shape index (κ1) is 18.1. The number of aromatic nitrogens is 4. The van der Waals surface area contributed by atoms with Gasteiger partial charge in [-0.25, -0.2) is 18.1 Å². The van der Waals surface area contributed by atoms with E-state index in [0.29, 0.717) is 23.9 Å². The fraction of sp³-hybridized carbons (Fsp3) is 0.500. The molecule has 0 amide bonds. The third kappa shape index (κ3) is 4.20. The van der Waals surface area contributed by atoms with Crippen LogP contribution in [0.25, 0.3) is 0 Å². The van der Waals surface area contributed by atoms with Crippen molar-refractivity contribution in [1.82, 2.24) is 24.9 Å². The van der Waals surface area contributed by atoms with E-state index in [2.05, 4.69) is 30.2 Å². The Morgan fingerprint density at radius 3 is 2.46 bits per heavy atom. The van der Waals surface area contributed by atoms with E-state index in [4.69, 9.17) is 0 Å². The second-order valence-corrected chi connectivity index (χ2v) is 7.38. The van der Waals surface area contributed by atoms with E-state index in [-0.39, 0.29) is 11.4 Å². The summed E-state index contributed by atoms with van der Waals surface area (Å²) >= 11 is 0. The van der Waals surface area contributed by atoms with Gasteiger partial charge >= 0.3 is 0 Å². The van der Waals surface area contributed by atoms with Gasteiger partial charge in [-0.05, 0) is 20.8 Å². The van der Waals surface area contributed by atoms with Crippen molar-refractivity contribution in [2.75, 3.05) is 37.4 Å². The van der Waals surface area contributed by atoms with Crippen LogP contribution >= 0.6 is 0 Å². The molecule has 0 fully saturated rings. The third-order valence-corrected chi connectivity index (χ3v) is 5.05. The molecule has 2 aromatic heterocycles. The molecule has 0 aliphatic rings. The molecule has 10 heteroatoms. The predicted octanol–water partition coefficient (Wildman–Crippen LogP) is 0.581. The molecule has 0 saturated carbocycles. The first-order valence-electron chi connectivity index (χ1n) is 7.49. The standard InChI is InChI=1S/C14H23N7O2S/c1-9-8-12(21(4)5)18-14(17-9)15-6-7-16-24(22,23)13-10(2)19-20-11(13)3/h8,16H,6-7H2,1-5H3,(H,19,20)(H,15,17,18). The average molecular weight is 353 g/mol. The fourth-order valence-corrected chi connectivity index (χ4v) is 3.63. The van der Waals surface area contributed by atoms with Gasteiger partial charge in [-0.3, -0.25) is 5.10 Å². The van der Waals surface area contributed by atoms with Gasteiger partial charge in [-0.15, -0.1) is 0 Å². The van der Waals surface area contributed by atoms with Crippen LogP contribution in [0.1, 0.15) is 17.1 Å². The van der Waals surface area contributed by atoms with Crippen LogP contribution in [0.3, 0.4) is 0 Å². The highest BCUT2D eigenvalue weighted by molar-refractivity contribution is 7.89. The van der Waals surface area contributed by atoms with E-state index in [1.54, 1.807) is 13.8 Å². The van der Waals surface area contributed by atoms with Crippen molar-refractivity contribution >= 4 is 21.8 Å². The maximum atomic E-state index is 12.3. The summed E-state index contributed by atoms with van der Waals surface area (Å²) in [5.74, 6) is 1.25. The van der Waals surface area contributed by atoms with Gasteiger partial charge in [0.25, 0.3) is 0 Å². The van der Waals surface area contributed by atoms with E-state index in [9.17, 15) is 8.42 Å². The topological polar surface area (TPSA) is 116 Å². The highest BCUT2D eigenvalue weighted by Gasteiger charge is 2.21. The molecule has 0 bridgehead atoms. The molecule has 132 valence electrons. The lowest BCUT2D eigenvalue weighted by atomic mass is 10.4. The summed E-state index contributed by atoms with van der Waals surface area (Å²) in [6.07, 6.45) is 0. The van der Waals surface area contributed by atoms with E-state index in [0.717, 1.165) is 11.5 Å². The summed E-state index contributed by atoms with van der Waals surface area (Å²) in [5, 5.41) is 9.61. The Labute approximate surface area is 141 Å². The zero-order valence-corrected chi connectivity index (χ0v) is 15.3. The zero-order valence-electron chi connectivity index (χ0n) is 14.5. The molecule has 0 aromatic carbocycles. The molecule has 2 heterocycles. The number of anilines is 2. The van der Waals surface area contributed by atoms with E-state index in [1.165, 1.54) is 0 Å². The molecule has 2 aromatic rings. The molecule has 0 aliphatic carbocycles. The van der Waals surface area contributed by atoms with Crippen LogP contribution in [-0.2, 0) is 10.0 Å². The Kier molecular flexibility index (Phi) is 5.40. The Morgan fingerprint density at radius 2 is 1.88 bits per heavy atom. The largest absolute Gasteiger partial charge is 0.363 e. The Hall–Kier alpha value is -2.20. The molecule has 0 spiro atoms. The minimum absolute atomic E-state index is 0.198. The number of H-pyrrole nitrogens is 1. The minimum Gasteiger partial charge on any atom is -0.363 e. The van der Waals surface area contributed by atoms with Gasteiger partial charge in [0.2, 0.25) is 16.0 Å². The number of nitrogens with one attached hydrogen (secondary N) is 3. The second-order valence-electron chi connectivity index (χ2n) is 5.67. The lowest BCUT2D eigenvalue weighted by Gasteiger charge is -2.14. The van der Waals surface area contributed by atoms with Crippen molar-refractivity contribution in [1.29, 1.82) is 0 Å². The molecule has 2 rings (SSSR count). The maximum Gasteiger partial charge on any atom is 0.244 e. The van der Waals surface area contributed by atoms with Crippen molar-refractivity contribution in [2.24, 2.45) is 0 Å². The highest BCUT2D eigenvalue weighted by atomic mass is 32.2. The second kappa shape index (κ2) is 7.14. The van der Waals surface area contributed by atoms with Gasteiger partial charge < -0.3 is 10.2 Å². The van der Waals surface area contributed by atoms with Gasteiger partial charge in [-0.1, -0.05) is 0 Å². The van der Waals surface area contributed by atoms with Crippen LogP contribution in [-0.4, -0.2) is 55.8 Å². The number of aromatic amines is 1. The molecule has 0 saturated heterocycles. The van der Waals surface area contributed by atoms with Crippen molar-refractivity contribution in [3.05, 3.63) is 23.1 Å². The minimum atomic E-state index is -3.60. The Bertz CT molecular complexity index is 795. The van der Waals surface area contributed by atoms with Crippen molar-refractivity contribution in [3.63, 3.8) is 0 Å². The third-order valence-electron chi connectivity index (χ3n) is 3.33. The summed E-state index contributed by atoms with van der Waals surface area (Å²) < 4.78 is 27.2. The van der Waals surface area contributed by atoms with Crippen LogP contribution in [0.2, 0.25) is 0 Å². The summed E-state index contributed by atoms with van der Waals surface area (Å²) in [4.78, 5) is 10.7. The van der Waals surface area contributed by atoms with Crippen LogP contribution in [0, 0.1) is 20.8 Å². The van der Waals surface area contributed by atoms with Crippen molar-refractivity contribution in [2.45, 2.75) is 25.7 Å².